The lowest BCUT2D eigenvalue weighted by Gasteiger charge is -2.14. The Bertz CT molecular complexity index is 1220. The number of nitrogens with one attached hydrogen (secondary N) is 2. The average molecular weight is 522 g/mol. The summed E-state index contributed by atoms with van der Waals surface area (Å²) in [6.45, 7) is 0.204. The van der Waals surface area contributed by atoms with Gasteiger partial charge in [0.15, 0.2) is 0 Å². The normalized spacial score (nSPS) is 14.4. The van der Waals surface area contributed by atoms with Crippen LogP contribution in [0.3, 0.4) is 0 Å². The van der Waals surface area contributed by atoms with Gasteiger partial charge in [-0.05, 0) is 30.2 Å². The van der Waals surface area contributed by atoms with Crippen molar-refractivity contribution in [1.82, 2.24) is 10.3 Å². The smallest absolute Gasteiger partial charge is 0.293 e. The maximum Gasteiger partial charge on any atom is 0.300 e. The van der Waals surface area contributed by atoms with Gasteiger partial charge in [-0.25, -0.2) is 0 Å². The number of hydrazine groups is 1. The van der Waals surface area contributed by atoms with Crippen LogP contribution in [0.1, 0.15) is 18.4 Å². The van der Waals surface area contributed by atoms with E-state index in [4.69, 9.17) is 23.8 Å². The summed E-state index contributed by atoms with van der Waals surface area (Å²) in [5, 5.41) is 22.5. The molecule has 3 rings (SSSR count). The van der Waals surface area contributed by atoms with Crippen LogP contribution in [0.15, 0.2) is 47.4 Å². The number of carbonyl (C=O) groups excluding carboxylic acids is 2. The SMILES string of the molecule is O=C(CCCN1C(=O)C(=Cc2ccccc2Cl)SC1=S)NNc1ccc([N+](=O)[O-])cc1[N+](=O)[O-]. The van der Waals surface area contributed by atoms with Crippen molar-refractivity contribution >= 4 is 74.9 Å². The van der Waals surface area contributed by atoms with Crippen molar-refractivity contribution in [3.05, 3.63) is 78.2 Å². The van der Waals surface area contributed by atoms with Crippen LogP contribution in [0.25, 0.3) is 6.08 Å². The van der Waals surface area contributed by atoms with Gasteiger partial charge in [-0.2, -0.15) is 0 Å². The Kier molecular flexibility index (Phi) is 8.15. The number of hydrogen-bond donors (Lipinski definition) is 2. The average Bonchev–Trinajstić information content (AvgIpc) is 3.06. The van der Waals surface area contributed by atoms with Gasteiger partial charge in [0.2, 0.25) is 5.91 Å². The van der Waals surface area contributed by atoms with Crippen LogP contribution in [-0.2, 0) is 9.59 Å². The minimum atomic E-state index is -0.799. The Balaban J connectivity index is 1.53. The summed E-state index contributed by atoms with van der Waals surface area (Å²) >= 11 is 12.6. The maximum atomic E-state index is 12.7. The molecule has 34 heavy (non-hydrogen) atoms. The fourth-order valence-electron chi connectivity index (χ4n) is 2.91. The van der Waals surface area contributed by atoms with Crippen LogP contribution >= 0.6 is 35.6 Å². The first kappa shape index (κ1) is 25.1. The number of benzene rings is 2. The van der Waals surface area contributed by atoms with Gasteiger partial charge in [-0.1, -0.05) is 53.8 Å². The molecule has 1 saturated heterocycles. The molecule has 2 N–H and O–H groups in total. The van der Waals surface area contributed by atoms with Gasteiger partial charge >= 0.3 is 5.69 Å². The third-order valence-electron chi connectivity index (χ3n) is 4.58. The third-order valence-corrected chi connectivity index (χ3v) is 6.30. The van der Waals surface area contributed by atoms with Gasteiger partial charge in [0.25, 0.3) is 11.6 Å². The van der Waals surface area contributed by atoms with Crippen molar-refractivity contribution in [3.8, 4) is 0 Å². The first-order valence-electron chi connectivity index (χ1n) is 9.65. The predicted molar refractivity (Wildman–Crippen MR) is 132 cm³/mol. The van der Waals surface area contributed by atoms with Crippen molar-refractivity contribution in [2.75, 3.05) is 12.0 Å². The molecule has 0 unspecified atom stereocenters. The molecule has 0 atom stereocenters. The molecule has 2 amide bonds. The molecule has 0 spiro atoms. The molecule has 1 aliphatic rings. The molecule has 0 aromatic heterocycles. The summed E-state index contributed by atoms with van der Waals surface area (Å²) in [6, 6.07) is 10.1. The van der Waals surface area contributed by atoms with E-state index in [0.29, 0.717) is 19.8 Å². The fraction of sp³-hybridized carbons (Fsp3) is 0.150. The predicted octanol–water partition coefficient (Wildman–Crippen LogP) is 4.28. The van der Waals surface area contributed by atoms with Gasteiger partial charge < -0.3 is 0 Å². The largest absolute Gasteiger partial charge is 0.300 e. The molecule has 2 aromatic rings. The highest BCUT2D eigenvalue weighted by atomic mass is 35.5. The third kappa shape index (κ3) is 6.07. The molecule has 0 bridgehead atoms. The van der Waals surface area contributed by atoms with Gasteiger partial charge in [0.05, 0.1) is 20.8 Å². The van der Waals surface area contributed by atoms with E-state index in [1.54, 1.807) is 30.3 Å². The minimum Gasteiger partial charge on any atom is -0.293 e. The Hall–Kier alpha value is -3.55. The zero-order valence-electron chi connectivity index (χ0n) is 17.2. The number of anilines is 1. The lowest BCUT2D eigenvalue weighted by atomic mass is 10.2. The molecule has 1 heterocycles. The Morgan fingerprint density at radius 2 is 1.91 bits per heavy atom. The summed E-state index contributed by atoms with van der Waals surface area (Å²) in [5.74, 6) is -0.778. The molecule has 14 heteroatoms. The zero-order chi connectivity index (χ0) is 24.8. The number of rotatable bonds is 9. The number of nitro groups is 2. The van der Waals surface area contributed by atoms with E-state index in [-0.39, 0.29) is 31.0 Å². The van der Waals surface area contributed by atoms with Crippen molar-refractivity contribution in [2.45, 2.75) is 12.8 Å². The number of thiocarbonyl (C=S) groups is 1. The minimum absolute atomic E-state index is 0.00556. The fourth-order valence-corrected chi connectivity index (χ4v) is 4.40. The van der Waals surface area contributed by atoms with E-state index in [1.165, 1.54) is 4.90 Å². The monoisotopic (exact) mass is 521 g/mol. The second kappa shape index (κ2) is 11.0. The van der Waals surface area contributed by atoms with Crippen molar-refractivity contribution < 1.29 is 19.4 Å². The highest BCUT2D eigenvalue weighted by Gasteiger charge is 2.31. The molecular weight excluding hydrogens is 506 g/mol. The molecule has 0 radical (unpaired) electrons. The number of halogens is 1. The van der Waals surface area contributed by atoms with Crippen LogP contribution < -0.4 is 10.9 Å². The molecule has 176 valence electrons. The Morgan fingerprint density at radius 3 is 2.59 bits per heavy atom. The second-order valence-electron chi connectivity index (χ2n) is 6.85. The van der Waals surface area contributed by atoms with Crippen molar-refractivity contribution in [2.24, 2.45) is 0 Å². The van der Waals surface area contributed by atoms with Gasteiger partial charge in [-0.15, -0.1) is 0 Å². The van der Waals surface area contributed by atoms with E-state index in [2.05, 4.69) is 10.9 Å². The number of carbonyl (C=O) groups is 2. The molecule has 11 nitrogen and oxygen atoms in total. The molecule has 0 aliphatic carbocycles. The zero-order valence-corrected chi connectivity index (χ0v) is 19.6. The maximum absolute atomic E-state index is 12.7. The molecule has 2 aromatic carbocycles. The van der Waals surface area contributed by atoms with Crippen molar-refractivity contribution in [1.29, 1.82) is 0 Å². The van der Waals surface area contributed by atoms with E-state index >= 15 is 0 Å². The van der Waals surface area contributed by atoms with Crippen molar-refractivity contribution in [3.63, 3.8) is 0 Å². The summed E-state index contributed by atoms with van der Waals surface area (Å²) in [7, 11) is 0. The van der Waals surface area contributed by atoms with Gasteiger partial charge in [0, 0.05) is 24.1 Å². The topological polar surface area (TPSA) is 148 Å². The van der Waals surface area contributed by atoms with E-state index in [9.17, 15) is 29.8 Å². The highest BCUT2D eigenvalue weighted by Crippen LogP contribution is 2.34. The van der Waals surface area contributed by atoms with E-state index in [1.807, 2.05) is 0 Å². The first-order valence-corrected chi connectivity index (χ1v) is 11.2. The summed E-state index contributed by atoms with van der Waals surface area (Å²) in [5.41, 5.74) is 4.29. The van der Waals surface area contributed by atoms with Crippen LogP contribution in [0.4, 0.5) is 17.1 Å². The molecule has 0 saturated carbocycles. The van der Waals surface area contributed by atoms with Gasteiger partial charge in [-0.3, -0.25) is 45.6 Å². The quantitative estimate of drug-likeness (QED) is 0.213. The lowest BCUT2D eigenvalue weighted by molar-refractivity contribution is -0.393. The number of non-ortho nitro benzene ring substituents is 1. The number of amides is 2. The second-order valence-corrected chi connectivity index (χ2v) is 8.93. The van der Waals surface area contributed by atoms with Gasteiger partial charge in [0.1, 0.15) is 10.0 Å². The summed E-state index contributed by atoms with van der Waals surface area (Å²) in [6.07, 6.45) is 1.94. The number of nitro benzene ring substituents is 2. The number of nitrogens with zero attached hydrogens (tertiary/aromatic N) is 3. The summed E-state index contributed by atoms with van der Waals surface area (Å²) < 4.78 is 0.364. The van der Waals surface area contributed by atoms with Crippen LogP contribution in [-0.4, -0.2) is 37.4 Å². The molecule has 1 fully saturated rings. The Labute approximate surface area is 207 Å². The first-order chi connectivity index (χ1) is 16.2. The number of thioether (sulfide) groups is 1. The standard InChI is InChI=1S/C20H16ClN5O6S2/c21-14-5-2-1-4-12(14)10-17-19(28)24(20(33)34-17)9-3-6-18(27)23-22-15-8-7-13(25(29)30)11-16(15)26(31)32/h1-2,4-5,7-8,10-11,22H,3,6,9H2,(H,23,27). The van der Waals surface area contributed by atoms with Crippen LogP contribution in [0.5, 0.6) is 0 Å². The van der Waals surface area contributed by atoms with Crippen LogP contribution in [0, 0.1) is 20.2 Å². The van der Waals surface area contributed by atoms with E-state index in [0.717, 1.165) is 30.0 Å². The van der Waals surface area contributed by atoms with Crippen LogP contribution in [0.2, 0.25) is 5.02 Å². The summed E-state index contributed by atoms with van der Waals surface area (Å²) in [4.78, 5) is 47.0. The molecule has 1 aliphatic heterocycles. The van der Waals surface area contributed by atoms with E-state index < -0.39 is 27.1 Å². The molecular formula is C20H16ClN5O6S2. The highest BCUT2D eigenvalue weighted by molar-refractivity contribution is 8.26. The number of hydrogen-bond acceptors (Lipinski definition) is 9. The lowest BCUT2D eigenvalue weighted by Crippen LogP contribution is -2.32. The Morgan fingerprint density at radius 1 is 1.18 bits per heavy atom.